The molecule has 0 saturated heterocycles. The third-order valence-electron chi connectivity index (χ3n) is 7.86. The molecule has 1 aliphatic heterocycles. The molecule has 6 rings (SSSR count). The maximum absolute atomic E-state index is 14.0. The number of ether oxygens (including phenoxy) is 1. The third kappa shape index (κ3) is 4.58. The number of aromatic nitrogens is 3. The maximum Gasteiger partial charge on any atom is 0.417 e. The van der Waals surface area contributed by atoms with Gasteiger partial charge in [-0.15, -0.1) is 0 Å². The molecule has 1 saturated carbocycles. The molecule has 3 N–H and O–H groups in total. The summed E-state index contributed by atoms with van der Waals surface area (Å²) in [5.74, 6) is 6.50. The highest BCUT2D eigenvalue weighted by atomic mass is 16.6. The van der Waals surface area contributed by atoms with Crippen LogP contribution in [-0.4, -0.2) is 48.5 Å². The first kappa shape index (κ1) is 26.3. The van der Waals surface area contributed by atoms with Gasteiger partial charge < -0.3 is 15.5 Å². The van der Waals surface area contributed by atoms with Gasteiger partial charge in [-0.1, -0.05) is 11.8 Å². The Bertz CT molecular complexity index is 1590. The molecule has 40 heavy (non-hydrogen) atoms. The molecule has 1 aromatic carbocycles. The highest BCUT2D eigenvalue weighted by Crippen LogP contribution is 2.48. The molecule has 3 aliphatic rings. The summed E-state index contributed by atoms with van der Waals surface area (Å²) in [6, 6.07) is 7.80. The quantitative estimate of drug-likeness (QED) is 0.414. The van der Waals surface area contributed by atoms with Gasteiger partial charge in [-0.25, -0.2) is 19.7 Å². The van der Waals surface area contributed by atoms with Gasteiger partial charge in [0.15, 0.2) is 5.82 Å². The standard InChI is InChI=1S/C32H35N5O3/c1-30(2,3)40-29(39)37-28(38)24-22-12-11-21-18-34-27(20-9-7-19(8-10-20)13-16-31(4,5)33)36-25(21)26(22)35-23(24)17-32(37)14-6-15-32/h7-10,18,35H,6,11-12,14-15,17,33H2,1-5H3. The first-order valence-electron chi connectivity index (χ1n) is 13.9. The van der Waals surface area contributed by atoms with E-state index >= 15 is 0 Å². The Labute approximate surface area is 234 Å². The van der Waals surface area contributed by atoms with Gasteiger partial charge in [0.2, 0.25) is 0 Å². The second-order valence-electron chi connectivity index (χ2n) is 12.8. The van der Waals surface area contributed by atoms with E-state index in [9.17, 15) is 9.59 Å². The Morgan fingerprint density at radius 2 is 1.85 bits per heavy atom. The molecule has 1 fully saturated rings. The number of carbonyl (C=O) groups is 2. The number of aromatic amines is 1. The van der Waals surface area contributed by atoms with Crippen LogP contribution in [0.15, 0.2) is 30.5 Å². The molecule has 0 radical (unpaired) electrons. The van der Waals surface area contributed by atoms with E-state index in [4.69, 9.17) is 15.5 Å². The van der Waals surface area contributed by atoms with Crippen molar-refractivity contribution in [2.24, 2.45) is 5.73 Å². The van der Waals surface area contributed by atoms with Crippen molar-refractivity contribution in [1.82, 2.24) is 19.9 Å². The topological polar surface area (TPSA) is 114 Å². The molecule has 3 aromatic rings. The molecular formula is C32H35N5O3. The van der Waals surface area contributed by atoms with Crippen LogP contribution < -0.4 is 5.73 Å². The van der Waals surface area contributed by atoms with Crippen molar-refractivity contribution in [3.63, 3.8) is 0 Å². The van der Waals surface area contributed by atoms with Gasteiger partial charge in [0, 0.05) is 29.4 Å². The van der Waals surface area contributed by atoms with Gasteiger partial charge >= 0.3 is 6.09 Å². The molecule has 2 aliphatic carbocycles. The van der Waals surface area contributed by atoms with Crippen LogP contribution in [0.4, 0.5) is 4.79 Å². The highest BCUT2D eigenvalue weighted by Gasteiger charge is 2.54. The number of H-pyrrole nitrogens is 1. The minimum atomic E-state index is -0.682. The molecule has 8 heteroatoms. The summed E-state index contributed by atoms with van der Waals surface area (Å²) >= 11 is 0. The van der Waals surface area contributed by atoms with Gasteiger partial charge in [-0.3, -0.25) is 4.79 Å². The summed E-state index contributed by atoms with van der Waals surface area (Å²) in [6.45, 7) is 9.22. The number of amides is 2. The molecule has 2 amide bonds. The Hall–Kier alpha value is -3.96. The number of nitrogens with two attached hydrogens (primary N) is 1. The normalized spacial score (nSPS) is 17.2. The summed E-state index contributed by atoms with van der Waals surface area (Å²) in [5.41, 5.74) is 11.1. The van der Waals surface area contributed by atoms with Crippen molar-refractivity contribution in [1.29, 1.82) is 0 Å². The van der Waals surface area contributed by atoms with E-state index in [2.05, 4.69) is 21.8 Å². The van der Waals surface area contributed by atoms with Gasteiger partial charge in [0.1, 0.15) is 5.60 Å². The zero-order valence-electron chi connectivity index (χ0n) is 23.8. The van der Waals surface area contributed by atoms with Gasteiger partial charge in [-0.2, -0.15) is 0 Å². The number of nitrogens with one attached hydrogen (secondary N) is 1. The molecule has 2 aromatic heterocycles. The average Bonchev–Trinajstić information content (AvgIpc) is 3.24. The molecule has 3 heterocycles. The van der Waals surface area contributed by atoms with E-state index in [1.54, 1.807) is 0 Å². The molecule has 0 bridgehead atoms. The van der Waals surface area contributed by atoms with Crippen LogP contribution in [-0.2, 0) is 24.0 Å². The van der Waals surface area contributed by atoms with Crippen molar-refractivity contribution < 1.29 is 14.3 Å². The second-order valence-corrected chi connectivity index (χ2v) is 12.8. The van der Waals surface area contributed by atoms with E-state index in [1.807, 2.05) is 65.1 Å². The second kappa shape index (κ2) is 9.03. The van der Waals surface area contributed by atoms with Crippen LogP contribution in [0.1, 0.15) is 86.6 Å². The zero-order valence-corrected chi connectivity index (χ0v) is 23.8. The number of hydrogen-bond donors (Lipinski definition) is 2. The van der Waals surface area contributed by atoms with Crippen LogP contribution in [0, 0.1) is 11.8 Å². The predicted molar refractivity (Wildman–Crippen MR) is 152 cm³/mol. The molecular weight excluding hydrogens is 502 g/mol. The molecule has 206 valence electrons. The van der Waals surface area contributed by atoms with E-state index in [1.165, 1.54) is 4.90 Å². The lowest BCUT2D eigenvalue weighted by Crippen LogP contribution is -2.63. The largest absolute Gasteiger partial charge is 0.443 e. The summed E-state index contributed by atoms with van der Waals surface area (Å²) in [5, 5.41) is 0. The number of hydrogen-bond acceptors (Lipinski definition) is 6. The average molecular weight is 538 g/mol. The Morgan fingerprint density at radius 1 is 1.12 bits per heavy atom. The smallest absolute Gasteiger partial charge is 0.417 e. The molecule has 0 unspecified atom stereocenters. The van der Waals surface area contributed by atoms with Crippen molar-refractivity contribution in [3.05, 3.63) is 58.4 Å². The van der Waals surface area contributed by atoms with Crippen molar-refractivity contribution in [2.75, 3.05) is 0 Å². The third-order valence-corrected chi connectivity index (χ3v) is 7.86. The minimum absolute atomic E-state index is 0.261. The van der Waals surface area contributed by atoms with E-state index < -0.39 is 22.8 Å². The number of aryl methyl sites for hydroxylation is 1. The molecule has 0 atom stereocenters. The van der Waals surface area contributed by atoms with Gasteiger partial charge in [0.05, 0.1) is 28.0 Å². The summed E-state index contributed by atoms with van der Waals surface area (Å²) in [4.78, 5) is 41.9. The Morgan fingerprint density at radius 3 is 2.48 bits per heavy atom. The summed E-state index contributed by atoms with van der Waals surface area (Å²) in [6.07, 6.45) is 5.89. The van der Waals surface area contributed by atoms with Crippen LogP contribution >= 0.6 is 0 Å². The van der Waals surface area contributed by atoms with Crippen LogP contribution in [0.3, 0.4) is 0 Å². The van der Waals surface area contributed by atoms with Crippen molar-refractivity contribution in [3.8, 4) is 34.6 Å². The van der Waals surface area contributed by atoms with Crippen LogP contribution in [0.2, 0.25) is 0 Å². The first-order chi connectivity index (χ1) is 18.8. The van der Waals surface area contributed by atoms with E-state index in [-0.39, 0.29) is 5.91 Å². The number of rotatable bonds is 1. The number of imide groups is 1. The number of fused-ring (bicyclic) bond motifs is 5. The van der Waals surface area contributed by atoms with Gasteiger partial charge in [-0.05, 0) is 102 Å². The summed E-state index contributed by atoms with van der Waals surface area (Å²) < 4.78 is 5.70. The van der Waals surface area contributed by atoms with E-state index in [0.717, 1.165) is 65.0 Å². The minimum Gasteiger partial charge on any atom is -0.443 e. The van der Waals surface area contributed by atoms with Gasteiger partial charge in [0.25, 0.3) is 5.91 Å². The molecule has 1 spiro atoms. The maximum atomic E-state index is 14.0. The monoisotopic (exact) mass is 537 g/mol. The number of benzene rings is 1. The van der Waals surface area contributed by atoms with E-state index in [0.29, 0.717) is 24.2 Å². The first-order valence-corrected chi connectivity index (χ1v) is 13.9. The van der Waals surface area contributed by atoms with Crippen LogP contribution in [0.5, 0.6) is 0 Å². The van der Waals surface area contributed by atoms with Crippen molar-refractivity contribution in [2.45, 2.75) is 89.8 Å². The fraction of sp³-hybridized carbons (Fsp3) is 0.438. The zero-order chi connectivity index (χ0) is 28.4. The highest BCUT2D eigenvalue weighted by molar-refractivity contribution is 6.08. The van der Waals surface area contributed by atoms with Crippen molar-refractivity contribution >= 4 is 12.0 Å². The summed E-state index contributed by atoms with van der Waals surface area (Å²) in [7, 11) is 0. The lowest BCUT2D eigenvalue weighted by Gasteiger charge is -2.51. The predicted octanol–water partition coefficient (Wildman–Crippen LogP) is 5.18. The Kier molecular flexibility index (Phi) is 5.93. The Balaban J connectivity index is 1.36. The molecule has 8 nitrogen and oxygen atoms in total. The lowest BCUT2D eigenvalue weighted by molar-refractivity contribution is -0.0214. The SMILES string of the molecule is CC(C)(N)C#Cc1ccc(-c2ncc3c(n2)-c2[nH]c4c(c2CC3)C(=O)N(C(=O)OC(C)(C)C)C2(CCC2)C4)cc1. The fourth-order valence-corrected chi connectivity index (χ4v) is 5.88. The fourth-order valence-electron chi connectivity index (χ4n) is 5.88. The lowest BCUT2D eigenvalue weighted by atomic mass is 9.69. The number of nitrogens with zero attached hydrogens (tertiary/aromatic N) is 3. The van der Waals surface area contributed by atoms with Crippen LogP contribution in [0.25, 0.3) is 22.8 Å². The number of carbonyl (C=O) groups excluding carboxylic acids is 2.